The highest BCUT2D eigenvalue weighted by Crippen LogP contribution is 2.34. The summed E-state index contributed by atoms with van der Waals surface area (Å²) in [5.41, 5.74) is 0. The third-order valence-electron chi connectivity index (χ3n) is 5.25. The maximum absolute atomic E-state index is 12.2. The monoisotopic (exact) mass is 235 g/mol. The Morgan fingerprint density at radius 2 is 1.76 bits per heavy atom. The van der Waals surface area contributed by atoms with Crippen LogP contribution in [0.2, 0.25) is 0 Å². The zero-order valence-corrected chi connectivity index (χ0v) is 10.8. The van der Waals surface area contributed by atoms with E-state index in [1.807, 2.05) is 0 Å². The zero-order chi connectivity index (χ0) is 11.7. The number of carbonyl (C=O) groups is 1. The molecule has 0 spiro atoms. The van der Waals surface area contributed by atoms with Gasteiger partial charge in [-0.05, 0) is 37.5 Å². The molecule has 0 aromatic heterocycles. The summed E-state index contributed by atoms with van der Waals surface area (Å²) in [5, 5.41) is 3.66. The SMILES string of the molecule is O=C(CC1CCC1)C1CCC2CCCCC2N1. The van der Waals surface area contributed by atoms with Crippen LogP contribution < -0.4 is 5.32 Å². The van der Waals surface area contributed by atoms with Crippen molar-refractivity contribution in [2.45, 2.75) is 76.3 Å². The molecule has 0 radical (unpaired) electrons. The van der Waals surface area contributed by atoms with Gasteiger partial charge < -0.3 is 5.32 Å². The molecule has 1 aliphatic heterocycles. The van der Waals surface area contributed by atoms with Gasteiger partial charge in [0.15, 0.2) is 0 Å². The Balaban J connectivity index is 1.52. The van der Waals surface area contributed by atoms with Crippen molar-refractivity contribution in [2.24, 2.45) is 11.8 Å². The van der Waals surface area contributed by atoms with Crippen LogP contribution in [0.15, 0.2) is 0 Å². The molecule has 0 aromatic rings. The van der Waals surface area contributed by atoms with Crippen LogP contribution in [0.1, 0.15) is 64.2 Å². The Morgan fingerprint density at radius 3 is 2.53 bits per heavy atom. The molecule has 3 rings (SSSR count). The van der Waals surface area contributed by atoms with Crippen LogP contribution in [0.4, 0.5) is 0 Å². The minimum atomic E-state index is 0.204. The van der Waals surface area contributed by atoms with Crippen LogP contribution in [-0.2, 0) is 4.79 Å². The zero-order valence-electron chi connectivity index (χ0n) is 10.8. The van der Waals surface area contributed by atoms with Gasteiger partial charge in [0.05, 0.1) is 6.04 Å². The first-order chi connectivity index (χ1) is 8.33. The molecular weight excluding hydrogens is 210 g/mol. The number of hydrogen-bond acceptors (Lipinski definition) is 2. The number of hydrogen-bond donors (Lipinski definition) is 1. The molecule has 1 heterocycles. The van der Waals surface area contributed by atoms with Crippen LogP contribution >= 0.6 is 0 Å². The van der Waals surface area contributed by atoms with Gasteiger partial charge in [0.25, 0.3) is 0 Å². The van der Waals surface area contributed by atoms with Gasteiger partial charge in [-0.1, -0.05) is 32.1 Å². The van der Waals surface area contributed by atoms with Crippen molar-refractivity contribution in [3.8, 4) is 0 Å². The van der Waals surface area contributed by atoms with Crippen molar-refractivity contribution < 1.29 is 4.79 Å². The molecule has 17 heavy (non-hydrogen) atoms. The molecule has 2 saturated carbocycles. The number of Topliss-reactive ketones (excluding diaryl/α,β-unsaturated/α-hetero) is 1. The van der Waals surface area contributed by atoms with Crippen molar-refractivity contribution >= 4 is 5.78 Å². The highest BCUT2D eigenvalue weighted by atomic mass is 16.1. The van der Waals surface area contributed by atoms with E-state index in [0.717, 1.165) is 24.7 Å². The summed E-state index contributed by atoms with van der Waals surface area (Å²) in [6, 6.07) is 0.864. The molecule has 1 N–H and O–H groups in total. The van der Waals surface area contributed by atoms with Gasteiger partial charge in [0.1, 0.15) is 5.78 Å². The van der Waals surface area contributed by atoms with Crippen molar-refractivity contribution in [1.29, 1.82) is 0 Å². The van der Waals surface area contributed by atoms with Gasteiger partial charge in [-0.25, -0.2) is 0 Å². The first-order valence-corrected chi connectivity index (χ1v) is 7.61. The first kappa shape index (κ1) is 11.7. The fourth-order valence-corrected chi connectivity index (χ4v) is 3.87. The second-order valence-corrected chi connectivity index (χ2v) is 6.41. The molecule has 96 valence electrons. The smallest absolute Gasteiger partial charge is 0.150 e. The molecule has 2 heteroatoms. The van der Waals surface area contributed by atoms with E-state index in [4.69, 9.17) is 0 Å². The Hall–Kier alpha value is -0.370. The third-order valence-corrected chi connectivity index (χ3v) is 5.25. The number of fused-ring (bicyclic) bond motifs is 1. The number of ketones is 1. The van der Waals surface area contributed by atoms with E-state index in [0.29, 0.717) is 11.8 Å². The van der Waals surface area contributed by atoms with Crippen LogP contribution in [-0.4, -0.2) is 17.9 Å². The van der Waals surface area contributed by atoms with Gasteiger partial charge in [-0.15, -0.1) is 0 Å². The average molecular weight is 235 g/mol. The minimum Gasteiger partial charge on any atom is -0.304 e. The summed E-state index contributed by atoms with van der Waals surface area (Å²) in [6.45, 7) is 0. The topological polar surface area (TPSA) is 29.1 Å². The molecular formula is C15H25NO. The van der Waals surface area contributed by atoms with E-state index in [-0.39, 0.29) is 6.04 Å². The summed E-state index contributed by atoms with van der Waals surface area (Å²) in [7, 11) is 0. The highest BCUT2D eigenvalue weighted by Gasteiger charge is 2.35. The molecule has 0 aromatic carbocycles. The molecule has 1 saturated heterocycles. The molecule has 3 fully saturated rings. The third kappa shape index (κ3) is 2.57. The average Bonchev–Trinajstić information content (AvgIpc) is 2.33. The van der Waals surface area contributed by atoms with E-state index < -0.39 is 0 Å². The van der Waals surface area contributed by atoms with E-state index in [2.05, 4.69) is 5.32 Å². The molecule has 3 aliphatic rings. The molecule has 2 aliphatic carbocycles. The minimum absolute atomic E-state index is 0.204. The van der Waals surface area contributed by atoms with Gasteiger partial charge in [-0.3, -0.25) is 4.79 Å². The summed E-state index contributed by atoms with van der Waals surface area (Å²) in [6.07, 6.45) is 12.6. The summed E-state index contributed by atoms with van der Waals surface area (Å²) >= 11 is 0. The Morgan fingerprint density at radius 1 is 0.941 bits per heavy atom. The second-order valence-electron chi connectivity index (χ2n) is 6.41. The van der Waals surface area contributed by atoms with Crippen LogP contribution in [0, 0.1) is 11.8 Å². The van der Waals surface area contributed by atoms with Gasteiger partial charge in [0.2, 0.25) is 0 Å². The fraction of sp³-hybridized carbons (Fsp3) is 0.933. The van der Waals surface area contributed by atoms with Crippen molar-refractivity contribution in [3.63, 3.8) is 0 Å². The Labute approximate surface area is 105 Å². The quantitative estimate of drug-likeness (QED) is 0.814. The number of carbonyl (C=O) groups excluding carboxylic acids is 1. The first-order valence-electron chi connectivity index (χ1n) is 7.61. The van der Waals surface area contributed by atoms with Crippen LogP contribution in [0.5, 0.6) is 0 Å². The summed E-state index contributed by atoms with van der Waals surface area (Å²) < 4.78 is 0. The predicted octanol–water partition coefficient (Wildman–Crippen LogP) is 3.06. The molecule has 3 atom stereocenters. The molecule has 0 bridgehead atoms. The lowest BCUT2D eigenvalue weighted by atomic mass is 9.75. The largest absolute Gasteiger partial charge is 0.304 e. The van der Waals surface area contributed by atoms with Crippen LogP contribution in [0.3, 0.4) is 0 Å². The van der Waals surface area contributed by atoms with E-state index in [9.17, 15) is 4.79 Å². The summed E-state index contributed by atoms with van der Waals surface area (Å²) in [4.78, 5) is 12.2. The van der Waals surface area contributed by atoms with E-state index >= 15 is 0 Å². The second kappa shape index (κ2) is 5.09. The number of nitrogens with one attached hydrogen (secondary N) is 1. The number of piperidine rings is 1. The maximum Gasteiger partial charge on any atom is 0.150 e. The lowest BCUT2D eigenvalue weighted by molar-refractivity contribution is -0.123. The number of rotatable bonds is 3. The van der Waals surface area contributed by atoms with Crippen LogP contribution in [0.25, 0.3) is 0 Å². The van der Waals surface area contributed by atoms with E-state index in [1.54, 1.807) is 0 Å². The Kier molecular flexibility index (Phi) is 3.51. The molecule has 0 amide bonds. The van der Waals surface area contributed by atoms with Crippen molar-refractivity contribution in [1.82, 2.24) is 5.32 Å². The molecule has 2 nitrogen and oxygen atoms in total. The lowest BCUT2D eigenvalue weighted by Gasteiger charge is -2.40. The maximum atomic E-state index is 12.2. The molecule has 3 unspecified atom stereocenters. The van der Waals surface area contributed by atoms with Crippen molar-refractivity contribution in [2.75, 3.05) is 0 Å². The Bertz CT molecular complexity index is 285. The fourth-order valence-electron chi connectivity index (χ4n) is 3.87. The van der Waals surface area contributed by atoms with Gasteiger partial charge in [0, 0.05) is 12.5 Å². The van der Waals surface area contributed by atoms with Gasteiger partial charge in [-0.2, -0.15) is 0 Å². The predicted molar refractivity (Wildman–Crippen MR) is 68.9 cm³/mol. The normalized spacial score (nSPS) is 38.2. The van der Waals surface area contributed by atoms with Crippen molar-refractivity contribution in [3.05, 3.63) is 0 Å². The van der Waals surface area contributed by atoms with E-state index in [1.165, 1.54) is 51.4 Å². The summed E-state index contributed by atoms with van der Waals surface area (Å²) in [5.74, 6) is 2.11. The highest BCUT2D eigenvalue weighted by molar-refractivity contribution is 5.84. The standard InChI is InChI=1S/C15H25NO/c17-15(10-11-4-3-5-11)14-9-8-12-6-1-2-7-13(12)16-14/h11-14,16H,1-10H2. The van der Waals surface area contributed by atoms with Gasteiger partial charge >= 0.3 is 0 Å². The lowest BCUT2D eigenvalue weighted by Crippen LogP contribution is -2.52.